The molecule has 1 heterocycles. The first-order chi connectivity index (χ1) is 11.6. The van der Waals surface area contributed by atoms with Gasteiger partial charge in [0.2, 0.25) is 0 Å². The van der Waals surface area contributed by atoms with Crippen molar-refractivity contribution in [3.8, 4) is 0 Å². The van der Waals surface area contributed by atoms with Gasteiger partial charge in [-0.25, -0.2) is 14.4 Å². The van der Waals surface area contributed by atoms with Crippen LogP contribution in [0.25, 0.3) is 0 Å². The average molecular weight is 363 g/mol. The van der Waals surface area contributed by atoms with E-state index in [0.29, 0.717) is 28.9 Å². The number of hydrogen-bond acceptors (Lipinski definition) is 4. The Morgan fingerprint density at radius 1 is 0.917 bits per heavy atom. The van der Waals surface area contributed by atoms with E-state index in [1.807, 2.05) is 24.3 Å². The van der Waals surface area contributed by atoms with Crippen molar-refractivity contribution in [2.75, 3.05) is 10.6 Å². The first-order valence-electron chi connectivity index (χ1n) is 7.12. The maximum atomic E-state index is 13.2. The lowest BCUT2D eigenvalue weighted by atomic mass is 10.2. The Morgan fingerprint density at radius 3 is 2.42 bits per heavy atom. The van der Waals surface area contributed by atoms with Crippen LogP contribution >= 0.6 is 23.2 Å². The van der Waals surface area contributed by atoms with Gasteiger partial charge in [-0.15, -0.1) is 0 Å². The van der Waals surface area contributed by atoms with Crippen LogP contribution in [0.4, 0.5) is 21.7 Å². The van der Waals surface area contributed by atoms with Gasteiger partial charge in [-0.2, -0.15) is 0 Å². The Bertz CT molecular complexity index is 840. The first-order valence-corrected chi connectivity index (χ1v) is 7.88. The van der Waals surface area contributed by atoms with Crippen LogP contribution in [0.2, 0.25) is 10.0 Å². The van der Waals surface area contributed by atoms with Gasteiger partial charge < -0.3 is 10.6 Å². The smallest absolute Gasteiger partial charge is 0.141 e. The van der Waals surface area contributed by atoms with Crippen molar-refractivity contribution in [1.29, 1.82) is 0 Å². The van der Waals surface area contributed by atoms with Gasteiger partial charge in [0.1, 0.15) is 23.8 Å². The molecule has 2 aromatic carbocycles. The topological polar surface area (TPSA) is 49.8 Å². The summed E-state index contributed by atoms with van der Waals surface area (Å²) in [4.78, 5) is 8.31. The molecule has 0 saturated heterocycles. The minimum Gasteiger partial charge on any atom is -0.366 e. The number of benzene rings is 2. The van der Waals surface area contributed by atoms with Gasteiger partial charge in [0.25, 0.3) is 0 Å². The molecule has 0 radical (unpaired) electrons. The highest BCUT2D eigenvalue weighted by molar-refractivity contribution is 6.31. The van der Waals surface area contributed by atoms with E-state index in [1.54, 1.807) is 12.1 Å². The predicted molar refractivity (Wildman–Crippen MR) is 95.5 cm³/mol. The van der Waals surface area contributed by atoms with Crippen LogP contribution in [0.15, 0.2) is 54.9 Å². The zero-order chi connectivity index (χ0) is 16.9. The minimum atomic E-state index is -0.463. The van der Waals surface area contributed by atoms with Crippen molar-refractivity contribution >= 4 is 40.5 Å². The zero-order valence-corrected chi connectivity index (χ0v) is 13.9. The normalized spacial score (nSPS) is 10.5. The number of nitrogens with zero attached hydrogens (tertiary/aromatic N) is 2. The number of nitrogens with one attached hydrogen (secondary N) is 2. The molecule has 0 aliphatic rings. The molecule has 0 unspecified atom stereocenters. The van der Waals surface area contributed by atoms with E-state index in [2.05, 4.69) is 20.6 Å². The molecule has 0 bridgehead atoms. The highest BCUT2D eigenvalue weighted by Gasteiger charge is 2.03. The van der Waals surface area contributed by atoms with E-state index in [9.17, 15) is 4.39 Å². The Balaban J connectivity index is 1.67. The van der Waals surface area contributed by atoms with E-state index in [0.717, 1.165) is 5.56 Å². The molecule has 0 aliphatic heterocycles. The van der Waals surface area contributed by atoms with Crippen LogP contribution in [0.1, 0.15) is 5.56 Å². The second-order valence-electron chi connectivity index (χ2n) is 5.02. The number of rotatable bonds is 5. The fraction of sp³-hybridized carbons (Fsp3) is 0.0588. The molecule has 0 aliphatic carbocycles. The fourth-order valence-corrected chi connectivity index (χ4v) is 2.35. The lowest BCUT2D eigenvalue weighted by Gasteiger charge is -2.09. The zero-order valence-electron chi connectivity index (χ0n) is 12.4. The highest BCUT2D eigenvalue weighted by atomic mass is 35.5. The van der Waals surface area contributed by atoms with Crippen LogP contribution in [-0.2, 0) is 6.54 Å². The molecule has 0 amide bonds. The van der Waals surface area contributed by atoms with Crippen LogP contribution < -0.4 is 10.6 Å². The minimum absolute atomic E-state index is 0.0511. The van der Waals surface area contributed by atoms with E-state index in [4.69, 9.17) is 23.2 Å². The van der Waals surface area contributed by atoms with Crippen LogP contribution in [0.3, 0.4) is 0 Å². The lowest BCUT2D eigenvalue weighted by Crippen LogP contribution is -2.03. The fourth-order valence-electron chi connectivity index (χ4n) is 2.04. The summed E-state index contributed by atoms with van der Waals surface area (Å²) in [6.07, 6.45) is 1.44. The van der Waals surface area contributed by atoms with Crippen molar-refractivity contribution in [2.45, 2.75) is 6.54 Å². The summed E-state index contributed by atoms with van der Waals surface area (Å²) in [6.45, 7) is 0.607. The van der Waals surface area contributed by atoms with Gasteiger partial charge in [-0.05, 0) is 35.9 Å². The third kappa shape index (κ3) is 4.34. The molecule has 3 aromatic rings. The molecule has 7 heteroatoms. The SMILES string of the molecule is Fc1ccc(Nc2cc(NCc3ccc(Cl)cc3)ncn2)cc1Cl. The molecular weight excluding hydrogens is 350 g/mol. The predicted octanol–water partition coefficient (Wildman–Crippen LogP) is 5.28. The molecule has 0 spiro atoms. The Hall–Kier alpha value is -2.37. The van der Waals surface area contributed by atoms with Gasteiger partial charge in [-0.3, -0.25) is 0 Å². The van der Waals surface area contributed by atoms with Crippen molar-refractivity contribution in [3.05, 3.63) is 76.3 Å². The second kappa shape index (κ2) is 7.47. The van der Waals surface area contributed by atoms with Crippen molar-refractivity contribution in [1.82, 2.24) is 9.97 Å². The third-order valence-corrected chi connectivity index (χ3v) is 3.79. The van der Waals surface area contributed by atoms with Gasteiger partial charge in [-0.1, -0.05) is 35.3 Å². The Kier molecular flexibility index (Phi) is 5.13. The number of hydrogen-bond donors (Lipinski definition) is 2. The second-order valence-corrected chi connectivity index (χ2v) is 5.87. The largest absolute Gasteiger partial charge is 0.366 e. The molecule has 0 saturated carbocycles. The summed E-state index contributed by atoms with van der Waals surface area (Å²) in [5, 5.41) is 7.02. The van der Waals surface area contributed by atoms with Crippen LogP contribution in [0.5, 0.6) is 0 Å². The number of anilines is 3. The van der Waals surface area contributed by atoms with Crippen molar-refractivity contribution < 1.29 is 4.39 Å². The maximum absolute atomic E-state index is 13.2. The van der Waals surface area contributed by atoms with Crippen molar-refractivity contribution in [3.63, 3.8) is 0 Å². The quantitative estimate of drug-likeness (QED) is 0.648. The first kappa shape index (κ1) is 16.5. The summed E-state index contributed by atoms with van der Waals surface area (Å²) in [5.41, 5.74) is 1.72. The maximum Gasteiger partial charge on any atom is 0.141 e. The van der Waals surface area contributed by atoms with E-state index in [-0.39, 0.29) is 5.02 Å². The summed E-state index contributed by atoms with van der Waals surface area (Å²) < 4.78 is 13.2. The molecule has 0 fully saturated rings. The molecule has 24 heavy (non-hydrogen) atoms. The molecule has 2 N–H and O–H groups in total. The number of aromatic nitrogens is 2. The van der Waals surface area contributed by atoms with Crippen molar-refractivity contribution in [2.24, 2.45) is 0 Å². The average Bonchev–Trinajstić information content (AvgIpc) is 2.58. The van der Waals surface area contributed by atoms with Crippen LogP contribution in [-0.4, -0.2) is 9.97 Å². The molecule has 1 aromatic heterocycles. The summed E-state index contributed by atoms with van der Waals surface area (Å²) in [7, 11) is 0. The van der Waals surface area contributed by atoms with Gasteiger partial charge in [0, 0.05) is 23.3 Å². The van der Waals surface area contributed by atoms with Gasteiger partial charge >= 0.3 is 0 Å². The Morgan fingerprint density at radius 2 is 1.67 bits per heavy atom. The molecule has 0 atom stereocenters. The van der Waals surface area contributed by atoms with Gasteiger partial charge in [0.05, 0.1) is 5.02 Å². The molecule has 3 rings (SSSR count). The summed E-state index contributed by atoms with van der Waals surface area (Å²) >= 11 is 11.6. The van der Waals surface area contributed by atoms with E-state index >= 15 is 0 Å². The third-order valence-electron chi connectivity index (χ3n) is 3.25. The molecule has 4 nitrogen and oxygen atoms in total. The Labute approximate surface area is 148 Å². The summed E-state index contributed by atoms with van der Waals surface area (Å²) in [5.74, 6) is 0.775. The van der Waals surface area contributed by atoms with E-state index in [1.165, 1.54) is 18.5 Å². The lowest BCUT2D eigenvalue weighted by molar-refractivity contribution is 0.628. The van der Waals surface area contributed by atoms with Crippen LogP contribution in [0, 0.1) is 5.82 Å². The standard InChI is InChI=1S/C17H13Cl2FN4/c18-12-3-1-11(2-4-12)9-21-16-8-17(23-10-22-16)24-13-5-6-15(20)14(19)7-13/h1-8,10H,9H2,(H2,21,22,23,24). The molecule has 122 valence electrons. The monoisotopic (exact) mass is 362 g/mol. The van der Waals surface area contributed by atoms with Gasteiger partial charge in [0.15, 0.2) is 0 Å². The summed E-state index contributed by atoms with van der Waals surface area (Å²) in [6, 6.07) is 13.7. The molecular formula is C17H13Cl2FN4. The van der Waals surface area contributed by atoms with E-state index < -0.39 is 5.82 Å². The highest BCUT2D eigenvalue weighted by Crippen LogP contribution is 2.22. The number of halogens is 3.